The van der Waals surface area contributed by atoms with Crippen LogP contribution in [0.3, 0.4) is 0 Å². The molecule has 1 fully saturated rings. The number of hydrogen-bond donors (Lipinski definition) is 2. The maximum absolute atomic E-state index is 12.1. The van der Waals surface area contributed by atoms with Crippen LogP contribution < -0.4 is 5.32 Å². The fraction of sp³-hybridized carbons (Fsp3) is 0.533. The second-order valence-electron chi connectivity index (χ2n) is 5.54. The van der Waals surface area contributed by atoms with Crippen molar-refractivity contribution in [2.75, 3.05) is 0 Å². The number of aliphatic hydroxyl groups excluding tert-OH is 1. The van der Waals surface area contributed by atoms with Crippen LogP contribution in [0.15, 0.2) is 24.3 Å². The van der Waals surface area contributed by atoms with E-state index >= 15 is 0 Å². The molecule has 3 rings (SSSR count). The molecule has 0 radical (unpaired) electrons. The topological polar surface area (TPSA) is 49.3 Å². The smallest absolute Gasteiger partial charge is 0.223 e. The molecule has 1 amide bonds. The van der Waals surface area contributed by atoms with E-state index < -0.39 is 0 Å². The summed E-state index contributed by atoms with van der Waals surface area (Å²) in [7, 11) is 0. The Kier molecular flexibility index (Phi) is 3.08. The normalized spacial score (nSPS) is 30.2. The number of amides is 1. The minimum atomic E-state index is -0.206. The Hall–Kier alpha value is -1.35. The molecule has 2 N–H and O–H groups in total. The van der Waals surface area contributed by atoms with Crippen LogP contribution in [0.5, 0.6) is 0 Å². The Labute approximate surface area is 107 Å². The molecule has 2 aliphatic carbocycles. The van der Waals surface area contributed by atoms with Crippen LogP contribution in [-0.4, -0.2) is 23.2 Å². The third kappa shape index (κ3) is 2.27. The van der Waals surface area contributed by atoms with Crippen molar-refractivity contribution in [3.63, 3.8) is 0 Å². The maximum Gasteiger partial charge on any atom is 0.223 e. The Morgan fingerprint density at radius 1 is 1.22 bits per heavy atom. The zero-order valence-corrected chi connectivity index (χ0v) is 10.4. The number of nitrogens with one attached hydrogen (secondary N) is 1. The van der Waals surface area contributed by atoms with Crippen LogP contribution >= 0.6 is 0 Å². The van der Waals surface area contributed by atoms with E-state index in [9.17, 15) is 9.90 Å². The third-order valence-corrected chi connectivity index (χ3v) is 4.18. The molecule has 1 atom stereocenters. The number of rotatable bonds is 2. The predicted octanol–water partition coefficient (Wildman–Crippen LogP) is 1.43. The molecule has 1 unspecified atom stereocenters. The molecule has 0 aliphatic heterocycles. The first-order valence-corrected chi connectivity index (χ1v) is 6.77. The van der Waals surface area contributed by atoms with E-state index in [2.05, 4.69) is 23.5 Å². The average molecular weight is 245 g/mol. The van der Waals surface area contributed by atoms with Crippen LogP contribution in [0.2, 0.25) is 0 Å². The van der Waals surface area contributed by atoms with Gasteiger partial charge in [0.05, 0.1) is 6.10 Å². The van der Waals surface area contributed by atoms with Gasteiger partial charge in [0.1, 0.15) is 0 Å². The Morgan fingerprint density at radius 3 is 2.67 bits per heavy atom. The zero-order chi connectivity index (χ0) is 12.5. The number of hydrogen-bond acceptors (Lipinski definition) is 2. The molecule has 0 bridgehead atoms. The van der Waals surface area contributed by atoms with Crippen molar-refractivity contribution in [1.82, 2.24) is 5.32 Å². The average Bonchev–Trinajstić information content (AvgIpc) is 2.36. The first-order valence-electron chi connectivity index (χ1n) is 6.77. The number of aliphatic hydroxyl groups is 1. The van der Waals surface area contributed by atoms with Gasteiger partial charge in [-0.15, -0.1) is 0 Å². The number of benzene rings is 1. The molecule has 0 spiro atoms. The molecule has 18 heavy (non-hydrogen) atoms. The largest absolute Gasteiger partial charge is 0.393 e. The lowest BCUT2D eigenvalue weighted by molar-refractivity contribution is -0.127. The van der Waals surface area contributed by atoms with Gasteiger partial charge < -0.3 is 10.4 Å². The highest BCUT2D eigenvalue weighted by molar-refractivity contribution is 5.79. The summed E-state index contributed by atoms with van der Waals surface area (Å²) in [5, 5.41) is 12.3. The van der Waals surface area contributed by atoms with Gasteiger partial charge in [0.2, 0.25) is 5.91 Å². The summed E-state index contributed by atoms with van der Waals surface area (Å²) in [5.74, 6) is 0.277. The van der Waals surface area contributed by atoms with Gasteiger partial charge in [0.25, 0.3) is 0 Å². The lowest BCUT2D eigenvalue weighted by atomic mass is 9.82. The van der Waals surface area contributed by atoms with Gasteiger partial charge in [-0.2, -0.15) is 0 Å². The van der Waals surface area contributed by atoms with Crippen molar-refractivity contribution in [2.45, 2.75) is 44.2 Å². The first kappa shape index (κ1) is 11.7. The minimum absolute atomic E-state index is 0.109. The van der Waals surface area contributed by atoms with E-state index in [4.69, 9.17) is 0 Å². The highest BCUT2D eigenvalue weighted by Gasteiger charge is 2.31. The van der Waals surface area contributed by atoms with Gasteiger partial charge in [-0.25, -0.2) is 0 Å². The lowest BCUT2D eigenvalue weighted by Gasteiger charge is -2.34. The molecule has 2 aliphatic rings. The molecule has 0 aromatic heterocycles. The van der Waals surface area contributed by atoms with Crippen molar-refractivity contribution >= 4 is 5.91 Å². The van der Waals surface area contributed by atoms with Crippen LogP contribution in [0.1, 0.15) is 30.4 Å². The monoisotopic (exact) mass is 245 g/mol. The summed E-state index contributed by atoms with van der Waals surface area (Å²) in [5.41, 5.74) is 2.71. The Balaban J connectivity index is 1.60. The zero-order valence-electron chi connectivity index (χ0n) is 10.4. The summed E-state index contributed by atoms with van der Waals surface area (Å²) in [6.07, 6.45) is 4.03. The number of carbonyl (C=O) groups excluding carboxylic acids is 1. The van der Waals surface area contributed by atoms with Gasteiger partial charge >= 0.3 is 0 Å². The molecular formula is C15H19NO2. The highest BCUT2D eigenvalue weighted by atomic mass is 16.3. The molecule has 1 saturated carbocycles. The molecule has 3 nitrogen and oxygen atoms in total. The van der Waals surface area contributed by atoms with Crippen molar-refractivity contribution in [3.05, 3.63) is 35.4 Å². The summed E-state index contributed by atoms with van der Waals surface area (Å²) < 4.78 is 0. The van der Waals surface area contributed by atoms with E-state index in [1.807, 2.05) is 6.07 Å². The summed E-state index contributed by atoms with van der Waals surface area (Å²) in [4.78, 5) is 12.1. The van der Waals surface area contributed by atoms with Gasteiger partial charge in [0, 0.05) is 12.0 Å². The number of carbonyl (C=O) groups is 1. The van der Waals surface area contributed by atoms with Gasteiger partial charge in [0.15, 0.2) is 0 Å². The maximum atomic E-state index is 12.1. The number of aryl methyl sites for hydroxylation is 1. The van der Waals surface area contributed by atoms with Crippen molar-refractivity contribution < 1.29 is 9.90 Å². The van der Waals surface area contributed by atoms with Gasteiger partial charge in [-0.3, -0.25) is 4.79 Å². The summed E-state index contributed by atoms with van der Waals surface area (Å²) >= 11 is 0. The standard InChI is InChI=1S/C15H19NO2/c17-14-8-13(9-14)16-15(18)12-6-5-10-3-1-2-4-11(10)7-12/h1-4,12-14,17H,5-9H2,(H,16,18). The van der Waals surface area contributed by atoms with E-state index in [0.29, 0.717) is 0 Å². The van der Waals surface area contributed by atoms with Crippen molar-refractivity contribution in [1.29, 1.82) is 0 Å². The second kappa shape index (κ2) is 4.73. The third-order valence-electron chi connectivity index (χ3n) is 4.18. The summed E-state index contributed by atoms with van der Waals surface area (Å²) in [6.45, 7) is 0. The minimum Gasteiger partial charge on any atom is -0.393 e. The van der Waals surface area contributed by atoms with Crippen molar-refractivity contribution in [2.24, 2.45) is 5.92 Å². The molecule has 0 heterocycles. The Bertz CT molecular complexity index is 452. The fourth-order valence-electron chi connectivity index (χ4n) is 2.95. The van der Waals surface area contributed by atoms with E-state index in [-0.39, 0.29) is 24.0 Å². The van der Waals surface area contributed by atoms with Crippen LogP contribution in [-0.2, 0) is 17.6 Å². The van der Waals surface area contributed by atoms with E-state index in [0.717, 1.165) is 32.1 Å². The quantitative estimate of drug-likeness (QED) is 0.828. The second-order valence-corrected chi connectivity index (χ2v) is 5.54. The molecule has 0 saturated heterocycles. The fourth-order valence-corrected chi connectivity index (χ4v) is 2.95. The lowest BCUT2D eigenvalue weighted by Crippen LogP contribution is -2.49. The van der Waals surface area contributed by atoms with E-state index in [1.54, 1.807) is 0 Å². The van der Waals surface area contributed by atoms with Gasteiger partial charge in [-0.1, -0.05) is 24.3 Å². The van der Waals surface area contributed by atoms with Crippen LogP contribution in [0, 0.1) is 5.92 Å². The van der Waals surface area contributed by atoms with E-state index in [1.165, 1.54) is 11.1 Å². The van der Waals surface area contributed by atoms with Crippen molar-refractivity contribution in [3.8, 4) is 0 Å². The highest BCUT2D eigenvalue weighted by Crippen LogP contribution is 2.26. The molecular weight excluding hydrogens is 226 g/mol. The molecule has 1 aromatic rings. The van der Waals surface area contributed by atoms with Crippen LogP contribution in [0.25, 0.3) is 0 Å². The predicted molar refractivity (Wildman–Crippen MR) is 69.1 cm³/mol. The van der Waals surface area contributed by atoms with Gasteiger partial charge in [-0.05, 0) is 43.2 Å². The SMILES string of the molecule is O=C(NC1CC(O)C1)C1CCc2ccccc2C1. The van der Waals surface area contributed by atoms with Crippen LogP contribution in [0.4, 0.5) is 0 Å². The Morgan fingerprint density at radius 2 is 1.94 bits per heavy atom. The number of fused-ring (bicyclic) bond motifs is 1. The molecule has 3 heteroatoms. The molecule has 96 valence electrons. The molecule has 1 aromatic carbocycles. The summed E-state index contributed by atoms with van der Waals surface area (Å²) in [6, 6.07) is 8.59. The first-order chi connectivity index (χ1) is 8.72.